The maximum absolute atomic E-state index is 12.5. The van der Waals surface area contributed by atoms with Crippen LogP contribution in [0.15, 0.2) is 54.7 Å². The van der Waals surface area contributed by atoms with Gasteiger partial charge in [-0.05, 0) is 55.8 Å². The van der Waals surface area contributed by atoms with Crippen LogP contribution in [0.5, 0.6) is 0 Å². The molecule has 0 fully saturated rings. The summed E-state index contributed by atoms with van der Waals surface area (Å²) in [6, 6.07) is 13.7. The van der Waals surface area contributed by atoms with Crippen LogP contribution >= 0.6 is 11.6 Å². The van der Waals surface area contributed by atoms with Gasteiger partial charge in [-0.15, -0.1) is 0 Å². The van der Waals surface area contributed by atoms with Crippen LogP contribution in [0.3, 0.4) is 0 Å². The second kappa shape index (κ2) is 7.97. The first kappa shape index (κ1) is 18.5. The lowest BCUT2D eigenvalue weighted by Crippen LogP contribution is -2.15. The fraction of sp³-hybridized carbons (Fsp3) is 0.100. The zero-order valence-electron chi connectivity index (χ0n) is 14.8. The van der Waals surface area contributed by atoms with Crippen molar-refractivity contribution in [2.24, 2.45) is 0 Å². The first-order chi connectivity index (χ1) is 12.9. The van der Waals surface area contributed by atoms with Crippen molar-refractivity contribution in [2.45, 2.75) is 13.8 Å². The molecule has 0 spiro atoms. The van der Waals surface area contributed by atoms with Crippen molar-refractivity contribution in [2.75, 3.05) is 10.6 Å². The third-order valence-electron chi connectivity index (χ3n) is 3.85. The molecule has 0 saturated heterocycles. The molecule has 3 rings (SSSR count). The largest absolute Gasteiger partial charge is 0.324 e. The number of aromatic nitrogens is 2. The Labute approximate surface area is 161 Å². The summed E-state index contributed by atoms with van der Waals surface area (Å²) in [6.07, 6.45) is 1.50. The predicted octanol–water partition coefficient (Wildman–Crippen LogP) is 4.64. The summed E-state index contributed by atoms with van der Waals surface area (Å²) < 4.78 is 0. The third kappa shape index (κ3) is 4.68. The van der Waals surface area contributed by atoms with Gasteiger partial charge in [0.2, 0.25) is 5.95 Å². The fourth-order valence-corrected chi connectivity index (χ4v) is 2.67. The van der Waals surface area contributed by atoms with Crippen molar-refractivity contribution in [3.63, 3.8) is 0 Å². The summed E-state index contributed by atoms with van der Waals surface area (Å²) >= 11 is 5.96. The molecule has 6 nitrogen and oxygen atoms in total. The van der Waals surface area contributed by atoms with E-state index in [1.165, 1.54) is 19.2 Å². The van der Waals surface area contributed by atoms with E-state index in [0.29, 0.717) is 22.2 Å². The Morgan fingerprint density at radius 3 is 2.63 bits per heavy atom. The monoisotopic (exact) mass is 380 g/mol. The van der Waals surface area contributed by atoms with E-state index in [1.807, 2.05) is 19.1 Å². The zero-order valence-corrected chi connectivity index (χ0v) is 15.5. The smallest absolute Gasteiger partial charge is 0.274 e. The first-order valence-corrected chi connectivity index (χ1v) is 8.59. The Morgan fingerprint density at radius 1 is 1.07 bits per heavy atom. The number of halogens is 1. The summed E-state index contributed by atoms with van der Waals surface area (Å²) in [7, 11) is 0. The van der Waals surface area contributed by atoms with Gasteiger partial charge in [-0.25, -0.2) is 9.97 Å². The number of carbonyl (C=O) groups excluding carboxylic acids is 2. The number of rotatable bonds is 5. The summed E-state index contributed by atoms with van der Waals surface area (Å²) in [5.74, 6) is -0.169. The Bertz CT molecular complexity index is 1020. The number of amides is 1. The first-order valence-electron chi connectivity index (χ1n) is 8.21. The van der Waals surface area contributed by atoms with Crippen LogP contribution < -0.4 is 10.6 Å². The number of aryl methyl sites for hydroxylation is 1. The van der Waals surface area contributed by atoms with E-state index in [9.17, 15) is 9.59 Å². The van der Waals surface area contributed by atoms with Crippen LogP contribution in [0.2, 0.25) is 5.02 Å². The average Bonchev–Trinajstić information content (AvgIpc) is 2.64. The number of nitrogens with zero attached hydrogens (tertiary/aromatic N) is 2. The van der Waals surface area contributed by atoms with Gasteiger partial charge in [0.05, 0.1) is 0 Å². The van der Waals surface area contributed by atoms with E-state index in [1.54, 1.807) is 30.3 Å². The number of hydrogen-bond donors (Lipinski definition) is 2. The summed E-state index contributed by atoms with van der Waals surface area (Å²) in [5.41, 5.74) is 2.98. The summed E-state index contributed by atoms with van der Waals surface area (Å²) in [6.45, 7) is 3.38. The number of ketones is 1. The molecule has 3 aromatic rings. The molecule has 1 amide bonds. The molecule has 7 heteroatoms. The lowest BCUT2D eigenvalue weighted by Gasteiger charge is -2.10. The molecular weight excluding hydrogens is 364 g/mol. The number of anilines is 3. The van der Waals surface area contributed by atoms with Gasteiger partial charge >= 0.3 is 0 Å². The van der Waals surface area contributed by atoms with Gasteiger partial charge in [-0.2, -0.15) is 0 Å². The molecule has 0 bridgehead atoms. The van der Waals surface area contributed by atoms with Gasteiger partial charge < -0.3 is 10.6 Å². The molecule has 27 heavy (non-hydrogen) atoms. The molecule has 1 heterocycles. The van der Waals surface area contributed by atoms with Gasteiger partial charge in [0.25, 0.3) is 5.91 Å². The Balaban J connectivity index is 1.77. The Hall–Kier alpha value is -3.25. The van der Waals surface area contributed by atoms with E-state index in [0.717, 1.165) is 11.3 Å². The SMILES string of the molecule is CC(=O)c1cccc(NC(=O)c2ccnc(Nc3ccc(Cl)cc3C)n2)c1. The van der Waals surface area contributed by atoms with Gasteiger partial charge in [-0.1, -0.05) is 23.7 Å². The molecule has 0 aliphatic heterocycles. The van der Waals surface area contributed by atoms with E-state index < -0.39 is 5.91 Å². The molecule has 2 aromatic carbocycles. The van der Waals surface area contributed by atoms with E-state index in [2.05, 4.69) is 20.6 Å². The third-order valence-corrected chi connectivity index (χ3v) is 4.09. The Kier molecular flexibility index (Phi) is 5.47. The van der Waals surface area contributed by atoms with Crippen molar-refractivity contribution < 1.29 is 9.59 Å². The van der Waals surface area contributed by atoms with E-state index in [4.69, 9.17) is 11.6 Å². The summed E-state index contributed by atoms with van der Waals surface area (Å²) in [5, 5.41) is 6.45. The number of benzene rings is 2. The number of nitrogens with one attached hydrogen (secondary N) is 2. The van der Waals surface area contributed by atoms with E-state index >= 15 is 0 Å². The standard InChI is InChI=1S/C20H17ClN4O2/c1-12-10-15(21)6-7-17(12)24-20-22-9-8-18(25-20)19(27)23-16-5-3-4-14(11-16)13(2)26/h3-11H,1-2H3,(H,23,27)(H,22,24,25). The molecule has 2 N–H and O–H groups in total. The van der Waals surface area contributed by atoms with Crippen LogP contribution in [0.4, 0.5) is 17.3 Å². The number of carbonyl (C=O) groups is 2. The zero-order chi connectivity index (χ0) is 19.4. The molecule has 0 saturated carbocycles. The number of hydrogen-bond acceptors (Lipinski definition) is 5. The predicted molar refractivity (Wildman–Crippen MR) is 106 cm³/mol. The second-order valence-corrected chi connectivity index (χ2v) is 6.38. The highest BCUT2D eigenvalue weighted by Crippen LogP contribution is 2.22. The van der Waals surface area contributed by atoms with Gasteiger partial charge in [0, 0.05) is 28.2 Å². The minimum atomic E-state index is -0.394. The van der Waals surface area contributed by atoms with Crippen LogP contribution in [-0.4, -0.2) is 21.7 Å². The van der Waals surface area contributed by atoms with Gasteiger partial charge in [0.15, 0.2) is 5.78 Å². The molecule has 0 aliphatic rings. The van der Waals surface area contributed by atoms with Crippen molar-refractivity contribution in [1.82, 2.24) is 9.97 Å². The van der Waals surface area contributed by atoms with Gasteiger partial charge in [0.1, 0.15) is 5.69 Å². The maximum Gasteiger partial charge on any atom is 0.274 e. The lowest BCUT2D eigenvalue weighted by atomic mass is 10.1. The highest BCUT2D eigenvalue weighted by molar-refractivity contribution is 6.30. The lowest BCUT2D eigenvalue weighted by molar-refractivity contribution is 0.100. The van der Waals surface area contributed by atoms with Crippen molar-refractivity contribution in [3.8, 4) is 0 Å². The van der Waals surface area contributed by atoms with Crippen LogP contribution in [-0.2, 0) is 0 Å². The van der Waals surface area contributed by atoms with Crippen molar-refractivity contribution in [3.05, 3.63) is 76.6 Å². The molecule has 0 aliphatic carbocycles. The highest BCUT2D eigenvalue weighted by atomic mass is 35.5. The quantitative estimate of drug-likeness (QED) is 0.630. The molecular formula is C20H17ClN4O2. The molecule has 1 aromatic heterocycles. The van der Waals surface area contributed by atoms with Crippen LogP contribution in [0.1, 0.15) is 33.3 Å². The topological polar surface area (TPSA) is 84.0 Å². The minimum absolute atomic E-state index is 0.0713. The van der Waals surface area contributed by atoms with Gasteiger partial charge in [-0.3, -0.25) is 9.59 Å². The minimum Gasteiger partial charge on any atom is -0.324 e. The van der Waals surface area contributed by atoms with Crippen molar-refractivity contribution >= 4 is 40.6 Å². The molecule has 0 atom stereocenters. The normalized spacial score (nSPS) is 10.3. The Morgan fingerprint density at radius 2 is 1.89 bits per heavy atom. The van der Waals surface area contributed by atoms with Crippen molar-refractivity contribution in [1.29, 1.82) is 0 Å². The fourth-order valence-electron chi connectivity index (χ4n) is 2.44. The highest BCUT2D eigenvalue weighted by Gasteiger charge is 2.11. The number of Topliss-reactive ketones (excluding diaryl/α,β-unsaturated/α-hetero) is 1. The van der Waals surface area contributed by atoms with Crippen LogP contribution in [0.25, 0.3) is 0 Å². The summed E-state index contributed by atoms with van der Waals surface area (Å²) in [4.78, 5) is 32.3. The van der Waals surface area contributed by atoms with E-state index in [-0.39, 0.29) is 11.5 Å². The maximum atomic E-state index is 12.5. The average molecular weight is 381 g/mol. The molecule has 0 unspecified atom stereocenters. The molecule has 136 valence electrons. The second-order valence-electron chi connectivity index (χ2n) is 5.94. The van der Waals surface area contributed by atoms with Crippen LogP contribution in [0, 0.1) is 6.92 Å². The molecule has 0 radical (unpaired) electrons.